The number of hydrogen-bond donors (Lipinski definition) is 2. The summed E-state index contributed by atoms with van der Waals surface area (Å²) in [5.41, 5.74) is 0.455. The SMILES string of the molecule is O=C(CCCc1nc(-c2ccc(F)cc2)no1)Nc1cc(Br)c[nH]c1=O. The van der Waals surface area contributed by atoms with Crippen molar-refractivity contribution in [3.8, 4) is 11.4 Å². The topological polar surface area (TPSA) is 101 Å². The van der Waals surface area contributed by atoms with Gasteiger partial charge in [-0.3, -0.25) is 9.59 Å². The van der Waals surface area contributed by atoms with Gasteiger partial charge >= 0.3 is 0 Å². The number of hydrogen-bond acceptors (Lipinski definition) is 5. The molecule has 0 aliphatic rings. The number of benzene rings is 1. The van der Waals surface area contributed by atoms with E-state index < -0.39 is 0 Å². The number of H-pyrrole nitrogens is 1. The molecule has 0 radical (unpaired) electrons. The lowest BCUT2D eigenvalue weighted by Gasteiger charge is -2.03. The van der Waals surface area contributed by atoms with Crippen LogP contribution >= 0.6 is 15.9 Å². The summed E-state index contributed by atoms with van der Waals surface area (Å²) in [6.45, 7) is 0. The summed E-state index contributed by atoms with van der Waals surface area (Å²) in [7, 11) is 0. The van der Waals surface area contributed by atoms with Crippen LogP contribution in [0.25, 0.3) is 11.4 Å². The highest BCUT2D eigenvalue weighted by Gasteiger charge is 2.11. The number of rotatable bonds is 6. The highest BCUT2D eigenvalue weighted by atomic mass is 79.9. The number of pyridine rings is 1. The molecular formula is C17H14BrFN4O3. The van der Waals surface area contributed by atoms with E-state index in [1.54, 1.807) is 12.1 Å². The van der Waals surface area contributed by atoms with E-state index in [1.165, 1.54) is 24.4 Å². The molecule has 134 valence electrons. The van der Waals surface area contributed by atoms with Crippen LogP contribution in [0.3, 0.4) is 0 Å². The Hall–Kier alpha value is -2.81. The fourth-order valence-electron chi connectivity index (χ4n) is 2.24. The van der Waals surface area contributed by atoms with E-state index in [2.05, 4.69) is 36.4 Å². The molecule has 0 saturated heterocycles. The van der Waals surface area contributed by atoms with Crippen molar-refractivity contribution in [3.05, 3.63) is 63.1 Å². The molecule has 3 aromatic rings. The minimum atomic E-state index is -0.373. The van der Waals surface area contributed by atoms with Gasteiger partial charge in [-0.1, -0.05) is 5.16 Å². The van der Waals surface area contributed by atoms with Crippen LogP contribution in [0, 0.1) is 5.82 Å². The number of aromatic amines is 1. The predicted molar refractivity (Wildman–Crippen MR) is 96.0 cm³/mol. The van der Waals surface area contributed by atoms with Gasteiger partial charge in [0, 0.05) is 29.1 Å². The molecule has 1 aromatic carbocycles. The van der Waals surface area contributed by atoms with Gasteiger partial charge in [0.05, 0.1) is 0 Å². The maximum absolute atomic E-state index is 12.9. The van der Waals surface area contributed by atoms with E-state index in [0.29, 0.717) is 34.6 Å². The van der Waals surface area contributed by atoms with Crippen molar-refractivity contribution in [2.45, 2.75) is 19.3 Å². The molecule has 0 aliphatic carbocycles. The second-order valence-electron chi connectivity index (χ2n) is 5.48. The van der Waals surface area contributed by atoms with Gasteiger partial charge in [0.1, 0.15) is 11.5 Å². The summed E-state index contributed by atoms with van der Waals surface area (Å²) in [6, 6.07) is 7.29. The van der Waals surface area contributed by atoms with Gasteiger partial charge in [0.15, 0.2) is 0 Å². The van der Waals surface area contributed by atoms with E-state index >= 15 is 0 Å². The molecule has 2 heterocycles. The number of halogens is 2. The van der Waals surface area contributed by atoms with Gasteiger partial charge in [0.25, 0.3) is 5.56 Å². The Morgan fingerprint density at radius 2 is 2.08 bits per heavy atom. The zero-order valence-electron chi connectivity index (χ0n) is 13.5. The molecule has 26 heavy (non-hydrogen) atoms. The number of carbonyl (C=O) groups is 1. The largest absolute Gasteiger partial charge is 0.339 e. The molecule has 0 saturated carbocycles. The minimum absolute atomic E-state index is 0.181. The molecule has 2 aromatic heterocycles. The summed E-state index contributed by atoms with van der Waals surface area (Å²) in [5, 5.41) is 6.40. The van der Waals surface area contributed by atoms with Gasteiger partial charge in [-0.15, -0.1) is 0 Å². The van der Waals surface area contributed by atoms with E-state index in [1.807, 2.05) is 0 Å². The number of amides is 1. The van der Waals surface area contributed by atoms with E-state index in [9.17, 15) is 14.0 Å². The van der Waals surface area contributed by atoms with E-state index in [4.69, 9.17) is 4.52 Å². The third kappa shape index (κ3) is 4.63. The quantitative estimate of drug-likeness (QED) is 0.636. The van der Waals surface area contributed by atoms with Crippen molar-refractivity contribution in [2.75, 3.05) is 5.32 Å². The lowest BCUT2D eigenvalue weighted by molar-refractivity contribution is -0.116. The molecule has 9 heteroatoms. The maximum atomic E-state index is 12.9. The Bertz CT molecular complexity index is 969. The first kappa shape index (κ1) is 18.0. The average molecular weight is 421 g/mol. The first-order valence-electron chi connectivity index (χ1n) is 7.78. The van der Waals surface area contributed by atoms with Crippen molar-refractivity contribution in [1.29, 1.82) is 0 Å². The van der Waals surface area contributed by atoms with Crippen molar-refractivity contribution in [1.82, 2.24) is 15.1 Å². The van der Waals surface area contributed by atoms with Gasteiger partial charge in [-0.25, -0.2) is 4.39 Å². The predicted octanol–water partition coefficient (Wildman–Crippen LogP) is 3.29. The molecule has 0 spiro atoms. The minimum Gasteiger partial charge on any atom is -0.339 e. The molecule has 0 atom stereocenters. The second-order valence-corrected chi connectivity index (χ2v) is 6.40. The highest BCUT2D eigenvalue weighted by Crippen LogP contribution is 2.17. The Morgan fingerprint density at radius 1 is 1.31 bits per heavy atom. The van der Waals surface area contributed by atoms with Crippen LogP contribution < -0.4 is 10.9 Å². The van der Waals surface area contributed by atoms with Crippen LogP contribution in [0.1, 0.15) is 18.7 Å². The summed E-state index contributed by atoms with van der Waals surface area (Å²) in [6.07, 6.45) is 2.58. The lowest BCUT2D eigenvalue weighted by Crippen LogP contribution is -2.19. The Kier molecular flexibility index (Phi) is 5.57. The summed E-state index contributed by atoms with van der Waals surface area (Å²) in [4.78, 5) is 30.3. The highest BCUT2D eigenvalue weighted by molar-refractivity contribution is 9.10. The zero-order valence-corrected chi connectivity index (χ0v) is 15.0. The molecule has 1 amide bonds. The van der Waals surface area contributed by atoms with Crippen LogP contribution in [0.15, 0.2) is 50.3 Å². The first-order chi connectivity index (χ1) is 12.5. The molecule has 7 nitrogen and oxygen atoms in total. The number of nitrogens with one attached hydrogen (secondary N) is 2. The van der Waals surface area contributed by atoms with Gasteiger partial charge in [0.2, 0.25) is 17.6 Å². The Labute approximate surface area is 155 Å². The number of nitrogens with zero attached hydrogens (tertiary/aromatic N) is 2. The average Bonchev–Trinajstić information content (AvgIpc) is 3.08. The number of aryl methyl sites for hydroxylation is 1. The Balaban J connectivity index is 1.52. The smallest absolute Gasteiger partial charge is 0.271 e. The normalized spacial score (nSPS) is 10.7. The molecule has 0 aliphatic heterocycles. The third-order valence-electron chi connectivity index (χ3n) is 3.51. The van der Waals surface area contributed by atoms with Gasteiger partial charge in [-0.05, 0) is 52.7 Å². The molecule has 3 rings (SSSR count). The van der Waals surface area contributed by atoms with Crippen LogP contribution in [0.4, 0.5) is 10.1 Å². The van der Waals surface area contributed by atoms with Gasteiger partial charge in [-0.2, -0.15) is 4.98 Å². The van der Waals surface area contributed by atoms with Crippen LogP contribution in [0.5, 0.6) is 0 Å². The molecule has 0 fully saturated rings. The number of carbonyl (C=O) groups excluding carboxylic acids is 1. The fourth-order valence-corrected chi connectivity index (χ4v) is 2.58. The molecule has 2 N–H and O–H groups in total. The van der Waals surface area contributed by atoms with Crippen molar-refractivity contribution in [3.63, 3.8) is 0 Å². The van der Waals surface area contributed by atoms with Crippen LogP contribution in [-0.4, -0.2) is 21.0 Å². The fraction of sp³-hybridized carbons (Fsp3) is 0.176. The first-order valence-corrected chi connectivity index (χ1v) is 8.57. The van der Waals surface area contributed by atoms with E-state index in [-0.39, 0.29) is 29.4 Å². The molecule has 0 unspecified atom stereocenters. The summed E-state index contributed by atoms with van der Waals surface area (Å²) >= 11 is 3.23. The number of anilines is 1. The van der Waals surface area contributed by atoms with Crippen LogP contribution in [-0.2, 0) is 11.2 Å². The monoisotopic (exact) mass is 420 g/mol. The molecular weight excluding hydrogens is 407 g/mol. The van der Waals surface area contributed by atoms with E-state index in [0.717, 1.165) is 0 Å². The van der Waals surface area contributed by atoms with Crippen molar-refractivity contribution >= 4 is 27.5 Å². The number of aromatic nitrogens is 3. The summed E-state index contributed by atoms with van der Waals surface area (Å²) in [5.74, 6) is 0.127. The maximum Gasteiger partial charge on any atom is 0.271 e. The van der Waals surface area contributed by atoms with Crippen molar-refractivity contribution < 1.29 is 13.7 Å². The van der Waals surface area contributed by atoms with Gasteiger partial charge < -0.3 is 14.8 Å². The Morgan fingerprint density at radius 3 is 2.85 bits per heavy atom. The second kappa shape index (κ2) is 8.05. The van der Waals surface area contributed by atoms with Crippen LogP contribution in [0.2, 0.25) is 0 Å². The zero-order chi connectivity index (χ0) is 18.5. The molecule has 0 bridgehead atoms. The standard InChI is InChI=1S/C17H14BrFN4O3/c18-11-8-13(17(25)20-9-11)21-14(24)2-1-3-15-22-16(23-26-15)10-4-6-12(19)7-5-10/h4-9H,1-3H2,(H,20,25)(H,21,24). The third-order valence-corrected chi connectivity index (χ3v) is 3.96. The van der Waals surface area contributed by atoms with Crippen molar-refractivity contribution in [2.24, 2.45) is 0 Å². The summed E-state index contributed by atoms with van der Waals surface area (Å²) < 4.78 is 18.7. The lowest BCUT2D eigenvalue weighted by atomic mass is 10.2.